The Kier molecular flexibility index (Phi) is 2.99. The smallest absolute Gasteiger partial charge is 0.335 e. The summed E-state index contributed by atoms with van der Waals surface area (Å²) in [5, 5.41) is 14.3. The Hall–Kier alpha value is -2.04. The summed E-state index contributed by atoms with van der Waals surface area (Å²) in [6.07, 6.45) is 2.06. The van der Waals surface area contributed by atoms with Gasteiger partial charge in [-0.15, -0.1) is 0 Å². The van der Waals surface area contributed by atoms with Gasteiger partial charge in [0, 0.05) is 11.7 Å². The fraction of sp³-hybridized carbons (Fsp3) is 0.333. The number of carbonyl (C=O) groups is 2. The third kappa shape index (κ3) is 2.96. The number of carboxylic acids is 1. The molecule has 0 aromatic heterocycles. The van der Waals surface area contributed by atoms with Crippen LogP contribution in [0.3, 0.4) is 0 Å². The zero-order valence-corrected chi connectivity index (χ0v) is 9.49. The minimum atomic E-state index is -0.962. The first-order chi connectivity index (χ1) is 8.06. The van der Waals surface area contributed by atoms with Crippen LogP contribution in [0.2, 0.25) is 0 Å². The van der Waals surface area contributed by atoms with Crippen LogP contribution in [-0.4, -0.2) is 23.1 Å². The molecule has 0 aliphatic heterocycles. The highest BCUT2D eigenvalue weighted by Gasteiger charge is 2.23. The fourth-order valence-corrected chi connectivity index (χ4v) is 1.56. The number of amides is 2. The number of rotatable bonds is 3. The molecule has 0 unspecified atom stereocenters. The average Bonchev–Trinajstić information content (AvgIpc) is 3.00. The van der Waals surface area contributed by atoms with Gasteiger partial charge in [0.1, 0.15) is 0 Å². The summed E-state index contributed by atoms with van der Waals surface area (Å²) in [7, 11) is 0. The van der Waals surface area contributed by atoms with Gasteiger partial charge in [0.25, 0.3) is 0 Å². The van der Waals surface area contributed by atoms with Gasteiger partial charge in [0.15, 0.2) is 0 Å². The summed E-state index contributed by atoms with van der Waals surface area (Å²) in [6.45, 7) is 1.70. The number of carboxylic acid groups (broad SMARTS) is 1. The van der Waals surface area contributed by atoms with E-state index in [1.807, 2.05) is 0 Å². The topological polar surface area (TPSA) is 78.4 Å². The number of urea groups is 1. The van der Waals surface area contributed by atoms with E-state index >= 15 is 0 Å². The lowest BCUT2D eigenvalue weighted by Gasteiger charge is -2.08. The number of hydrogen-bond acceptors (Lipinski definition) is 2. The summed E-state index contributed by atoms with van der Waals surface area (Å²) in [6, 6.07) is 4.79. The van der Waals surface area contributed by atoms with Gasteiger partial charge >= 0.3 is 12.0 Å². The van der Waals surface area contributed by atoms with Gasteiger partial charge in [-0.3, -0.25) is 0 Å². The minimum Gasteiger partial charge on any atom is -0.478 e. The van der Waals surface area contributed by atoms with Gasteiger partial charge in [-0.2, -0.15) is 0 Å². The molecule has 5 heteroatoms. The van der Waals surface area contributed by atoms with E-state index in [2.05, 4.69) is 10.6 Å². The summed E-state index contributed by atoms with van der Waals surface area (Å²) >= 11 is 0. The molecule has 0 radical (unpaired) electrons. The van der Waals surface area contributed by atoms with Gasteiger partial charge in [-0.05, 0) is 43.5 Å². The molecule has 1 fully saturated rings. The van der Waals surface area contributed by atoms with Crippen molar-refractivity contribution in [3.05, 3.63) is 29.3 Å². The van der Waals surface area contributed by atoms with E-state index in [0.717, 1.165) is 12.8 Å². The fourth-order valence-electron chi connectivity index (χ4n) is 1.56. The third-order valence-corrected chi connectivity index (χ3v) is 2.63. The maximum atomic E-state index is 11.5. The predicted molar refractivity (Wildman–Crippen MR) is 63.3 cm³/mol. The van der Waals surface area contributed by atoms with Gasteiger partial charge in [0.05, 0.1) is 5.56 Å². The Bertz CT molecular complexity index is 467. The van der Waals surface area contributed by atoms with E-state index in [-0.39, 0.29) is 11.6 Å². The summed E-state index contributed by atoms with van der Waals surface area (Å²) < 4.78 is 0. The van der Waals surface area contributed by atoms with Crippen LogP contribution in [0.5, 0.6) is 0 Å². The molecule has 0 saturated heterocycles. The normalized spacial score (nSPS) is 14.2. The van der Waals surface area contributed by atoms with Crippen molar-refractivity contribution in [1.82, 2.24) is 5.32 Å². The van der Waals surface area contributed by atoms with E-state index in [0.29, 0.717) is 17.3 Å². The number of anilines is 1. The molecule has 2 rings (SSSR count). The van der Waals surface area contributed by atoms with Crippen molar-refractivity contribution in [3.8, 4) is 0 Å². The quantitative estimate of drug-likeness (QED) is 0.748. The van der Waals surface area contributed by atoms with Gasteiger partial charge in [-0.25, -0.2) is 9.59 Å². The van der Waals surface area contributed by atoms with Crippen LogP contribution in [0.1, 0.15) is 28.8 Å². The van der Waals surface area contributed by atoms with Crippen LogP contribution in [0.4, 0.5) is 10.5 Å². The molecule has 1 aliphatic rings. The van der Waals surface area contributed by atoms with Gasteiger partial charge in [-0.1, -0.05) is 0 Å². The third-order valence-electron chi connectivity index (χ3n) is 2.63. The average molecular weight is 234 g/mol. The zero-order valence-electron chi connectivity index (χ0n) is 9.49. The first kappa shape index (κ1) is 11.4. The molecular formula is C12H14N2O3. The van der Waals surface area contributed by atoms with Crippen LogP contribution in [0, 0.1) is 6.92 Å². The largest absolute Gasteiger partial charge is 0.478 e. The summed E-state index contributed by atoms with van der Waals surface area (Å²) in [5.74, 6) is -0.962. The maximum Gasteiger partial charge on any atom is 0.335 e. The van der Waals surface area contributed by atoms with Gasteiger partial charge < -0.3 is 15.7 Å². The molecule has 1 aliphatic carbocycles. The van der Waals surface area contributed by atoms with E-state index in [9.17, 15) is 9.59 Å². The van der Waals surface area contributed by atoms with Crippen molar-refractivity contribution in [2.45, 2.75) is 25.8 Å². The predicted octanol–water partition coefficient (Wildman–Crippen LogP) is 1.98. The molecule has 90 valence electrons. The lowest BCUT2D eigenvalue weighted by Crippen LogP contribution is -2.30. The first-order valence-corrected chi connectivity index (χ1v) is 5.48. The van der Waals surface area contributed by atoms with Gasteiger partial charge in [0.2, 0.25) is 0 Å². The van der Waals surface area contributed by atoms with Crippen molar-refractivity contribution in [2.75, 3.05) is 5.32 Å². The Labute approximate surface area is 98.8 Å². The molecule has 17 heavy (non-hydrogen) atoms. The Morgan fingerprint density at radius 3 is 2.59 bits per heavy atom. The molecule has 0 spiro atoms. The molecule has 1 aromatic carbocycles. The molecule has 0 bridgehead atoms. The van der Waals surface area contributed by atoms with Crippen LogP contribution < -0.4 is 10.6 Å². The SMILES string of the molecule is Cc1cc(NC(=O)NC2CC2)ccc1C(=O)O. The summed E-state index contributed by atoms with van der Waals surface area (Å²) in [5.41, 5.74) is 1.48. The van der Waals surface area contributed by atoms with E-state index in [1.165, 1.54) is 6.07 Å². The number of nitrogens with one attached hydrogen (secondary N) is 2. The number of aryl methyl sites for hydroxylation is 1. The van der Waals surface area contributed by atoms with E-state index in [1.54, 1.807) is 19.1 Å². The highest BCUT2D eigenvalue weighted by atomic mass is 16.4. The van der Waals surface area contributed by atoms with Crippen molar-refractivity contribution in [3.63, 3.8) is 0 Å². The number of aromatic carboxylic acids is 1. The highest BCUT2D eigenvalue weighted by Crippen LogP contribution is 2.19. The van der Waals surface area contributed by atoms with Crippen LogP contribution >= 0.6 is 0 Å². The first-order valence-electron chi connectivity index (χ1n) is 5.48. The lowest BCUT2D eigenvalue weighted by molar-refractivity contribution is 0.0696. The minimum absolute atomic E-state index is 0.241. The van der Waals surface area contributed by atoms with Crippen LogP contribution in [-0.2, 0) is 0 Å². The van der Waals surface area contributed by atoms with E-state index < -0.39 is 5.97 Å². The number of carbonyl (C=O) groups excluding carboxylic acids is 1. The van der Waals surface area contributed by atoms with Crippen molar-refractivity contribution < 1.29 is 14.7 Å². The molecule has 0 heterocycles. The molecule has 3 N–H and O–H groups in total. The van der Waals surface area contributed by atoms with Crippen molar-refractivity contribution in [1.29, 1.82) is 0 Å². The second-order valence-electron chi connectivity index (χ2n) is 4.21. The van der Waals surface area contributed by atoms with Crippen LogP contribution in [0.15, 0.2) is 18.2 Å². The Morgan fingerprint density at radius 2 is 2.06 bits per heavy atom. The second kappa shape index (κ2) is 4.45. The van der Waals surface area contributed by atoms with Crippen LogP contribution in [0.25, 0.3) is 0 Å². The Balaban J connectivity index is 2.03. The number of hydrogen-bond donors (Lipinski definition) is 3. The van der Waals surface area contributed by atoms with E-state index in [4.69, 9.17) is 5.11 Å². The monoisotopic (exact) mass is 234 g/mol. The van der Waals surface area contributed by atoms with Crippen molar-refractivity contribution >= 4 is 17.7 Å². The highest BCUT2D eigenvalue weighted by molar-refractivity contribution is 5.92. The molecule has 2 amide bonds. The molecule has 5 nitrogen and oxygen atoms in total. The van der Waals surface area contributed by atoms with Crippen molar-refractivity contribution in [2.24, 2.45) is 0 Å². The second-order valence-corrected chi connectivity index (χ2v) is 4.21. The molecule has 1 saturated carbocycles. The lowest BCUT2D eigenvalue weighted by atomic mass is 10.1. The molecule has 1 aromatic rings. The molecule has 0 atom stereocenters. The standard InChI is InChI=1S/C12H14N2O3/c1-7-6-9(4-5-10(7)11(15)16)14-12(17)13-8-2-3-8/h4-6,8H,2-3H2,1H3,(H,15,16)(H2,13,14,17). The Morgan fingerprint density at radius 1 is 1.35 bits per heavy atom. The zero-order chi connectivity index (χ0) is 12.4. The summed E-state index contributed by atoms with van der Waals surface area (Å²) in [4.78, 5) is 22.3. The molecular weight excluding hydrogens is 220 g/mol. The maximum absolute atomic E-state index is 11.5. The number of benzene rings is 1.